The van der Waals surface area contributed by atoms with Crippen LogP contribution in [0.4, 0.5) is 16.3 Å². The van der Waals surface area contributed by atoms with Gasteiger partial charge in [0.25, 0.3) is 0 Å². The first-order valence-corrected chi connectivity index (χ1v) is 5.49. The summed E-state index contributed by atoms with van der Waals surface area (Å²) >= 11 is 0. The maximum Gasteiger partial charge on any atom is 0.329 e. The lowest BCUT2D eigenvalue weighted by Crippen LogP contribution is -2.49. The second-order valence-electron chi connectivity index (χ2n) is 4.08. The van der Waals surface area contributed by atoms with Crippen molar-refractivity contribution >= 4 is 29.1 Å². The Morgan fingerprint density at radius 3 is 3.00 bits per heavy atom. The third-order valence-corrected chi connectivity index (χ3v) is 2.80. The van der Waals surface area contributed by atoms with E-state index >= 15 is 0 Å². The Labute approximate surface area is 102 Å². The van der Waals surface area contributed by atoms with Crippen LogP contribution < -0.4 is 16.0 Å². The van der Waals surface area contributed by atoms with Crippen molar-refractivity contribution in [1.82, 2.24) is 14.7 Å². The fourth-order valence-electron chi connectivity index (χ4n) is 1.90. The zero-order valence-electron chi connectivity index (χ0n) is 9.46. The largest absolute Gasteiger partial charge is 0.399 e. The Kier molecular flexibility index (Phi) is 2.19. The van der Waals surface area contributed by atoms with Crippen molar-refractivity contribution in [1.29, 1.82) is 0 Å². The van der Waals surface area contributed by atoms with Gasteiger partial charge in [0.2, 0.25) is 5.91 Å². The molecule has 3 heterocycles. The average Bonchev–Trinajstić information content (AvgIpc) is 2.71. The van der Waals surface area contributed by atoms with Crippen molar-refractivity contribution in [2.45, 2.75) is 6.42 Å². The fourth-order valence-corrected chi connectivity index (χ4v) is 1.90. The molecule has 3 rings (SSSR count). The van der Waals surface area contributed by atoms with Gasteiger partial charge in [0.15, 0.2) is 5.82 Å². The predicted octanol–water partition coefficient (Wildman–Crippen LogP) is 0.363. The molecular formula is C11H11N5O2. The van der Waals surface area contributed by atoms with Gasteiger partial charge in [0, 0.05) is 30.9 Å². The Morgan fingerprint density at radius 2 is 2.22 bits per heavy atom. The number of anilines is 2. The van der Waals surface area contributed by atoms with Crippen LogP contribution in [-0.4, -0.2) is 27.9 Å². The molecule has 92 valence electrons. The zero-order chi connectivity index (χ0) is 12.7. The predicted molar refractivity (Wildman–Crippen MR) is 65.1 cm³/mol. The van der Waals surface area contributed by atoms with Crippen molar-refractivity contribution in [2.24, 2.45) is 0 Å². The number of imide groups is 1. The Balaban J connectivity index is 1.99. The number of imidazole rings is 1. The summed E-state index contributed by atoms with van der Waals surface area (Å²) in [5, 5.41) is 2.26. The number of nitrogens with zero attached hydrogens (tertiary/aromatic N) is 3. The van der Waals surface area contributed by atoms with Crippen LogP contribution in [-0.2, 0) is 4.79 Å². The number of hydrogen-bond acceptors (Lipinski definition) is 4. The van der Waals surface area contributed by atoms with Gasteiger partial charge in [0.05, 0.1) is 6.20 Å². The van der Waals surface area contributed by atoms with E-state index in [2.05, 4.69) is 10.3 Å². The van der Waals surface area contributed by atoms with Gasteiger partial charge in [0.1, 0.15) is 5.65 Å². The van der Waals surface area contributed by atoms with Crippen molar-refractivity contribution < 1.29 is 9.59 Å². The molecule has 1 aliphatic heterocycles. The maximum atomic E-state index is 11.7. The van der Waals surface area contributed by atoms with Crippen LogP contribution >= 0.6 is 0 Å². The lowest BCUT2D eigenvalue weighted by molar-refractivity contribution is -0.120. The second-order valence-corrected chi connectivity index (χ2v) is 4.08. The quantitative estimate of drug-likeness (QED) is 0.758. The molecule has 1 aliphatic rings. The van der Waals surface area contributed by atoms with E-state index in [4.69, 9.17) is 5.73 Å². The van der Waals surface area contributed by atoms with E-state index in [1.54, 1.807) is 28.9 Å². The summed E-state index contributed by atoms with van der Waals surface area (Å²) in [6.45, 7) is 0.337. The van der Waals surface area contributed by atoms with Gasteiger partial charge in [-0.3, -0.25) is 15.0 Å². The van der Waals surface area contributed by atoms with E-state index in [1.807, 2.05) is 0 Å². The topological polar surface area (TPSA) is 92.7 Å². The lowest BCUT2D eigenvalue weighted by atomic mass is 10.3. The first kappa shape index (κ1) is 10.6. The van der Waals surface area contributed by atoms with Crippen LogP contribution in [0.5, 0.6) is 0 Å². The molecule has 0 spiro atoms. The summed E-state index contributed by atoms with van der Waals surface area (Å²) in [6.07, 6.45) is 3.78. The number of amides is 3. The first-order valence-electron chi connectivity index (χ1n) is 5.49. The van der Waals surface area contributed by atoms with Crippen molar-refractivity contribution in [3.63, 3.8) is 0 Å². The Morgan fingerprint density at radius 1 is 1.39 bits per heavy atom. The van der Waals surface area contributed by atoms with Crippen LogP contribution in [0.15, 0.2) is 24.5 Å². The van der Waals surface area contributed by atoms with E-state index in [1.165, 1.54) is 4.90 Å². The standard InChI is InChI=1S/C11H11N5O2/c12-7-1-3-15-6-9(13-8(15)5-7)16-4-2-10(17)14-11(16)18/h1,3,5-6H,2,4,12H2,(H,14,17,18). The highest BCUT2D eigenvalue weighted by molar-refractivity contribution is 6.05. The van der Waals surface area contributed by atoms with Gasteiger partial charge >= 0.3 is 6.03 Å². The highest BCUT2D eigenvalue weighted by atomic mass is 16.2. The number of rotatable bonds is 1. The first-order chi connectivity index (χ1) is 8.63. The summed E-state index contributed by atoms with van der Waals surface area (Å²) in [5.74, 6) is 0.245. The summed E-state index contributed by atoms with van der Waals surface area (Å²) in [4.78, 5) is 28.5. The molecule has 0 unspecified atom stereocenters. The van der Waals surface area contributed by atoms with Crippen molar-refractivity contribution in [3.8, 4) is 0 Å². The molecule has 2 aromatic heterocycles. The van der Waals surface area contributed by atoms with Gasteiger partial charge in [-0.2, -0.15) is 0 Å². The van der Waals surface area contributed by atoms with Gasteiger partial charge in [-0.1, -0.05) is 0 Å². The molecule has 0 bridgehead atoms. The Hall–Kier alpha value is -2.57. The normalized spacial score (nSPS) is 16.1. The SMILES string of the molecule is Nc1ccn2cc(N3CCC(=O)NC3=O)nc2c1. The van der Waals surface area contributed by atoms with Gasteiger partial charge < -0.3 is 10.1 Å². The van der Waals surface area contributed by atoms with E-state index in [0.717, 1.165) is 0 Å². The molecule has 7 heteroatoms. The molecule has 2 aromatic rings. The average molecular weight is 245 g/mol. The molecule has 0 saturated carbocycles. The second kappa shape index (κ2) is 3.73. The van der Waals surface area contributed by atoms with E-state index in [-0.39, 0.29) is 12.3 Å². The third-order valence-electron chi connectivity index (χ3n) is 2.80. The molecular weight excluding hydrogens is 234 g/mol. The molecule has 1 saturated heterocycles. The van der Waals surface area contributed by atoms with Gasteiger partial charge in [-0.25, -0.2) is 9.78 Å². The van der Waals surface area contributed by atoms with Crippen LogP contribution in [0, 0.1) is 0 Å². The molecule has 3 N–H and O–H groups in total. The minimum atomic E-state index is -0.442. The summed E-state index contributed by atoms with van der Waals surface area (Å²) in [5.41, 5.74) is 6.94. The molecule has 7 nitrogen and oxygen atoms in total. The van der Waals surface area contributed by atoms with Crippen LogP contribution in [0.25, 0.3) is 5.65 Å². The molecule has 0 atom stereocenters. The zero-order valence-corrected chi connectivity index (χ0v) is 9.46. The minimum absolute atomic E-state index is 0.260. The van der Waals surface area contributed by atoms with Crippen molar-refractivity contribution in [3.05, 3.63) is 24.5 Å². The number of fused-ring (bicyclic) bond motifs is 1. The monoisotopic (exact) mass is 245 g/mol. The van der Waals surface area contributed by atoms with Crippen LogP contribution in [0.3, 0.4) is 0 Å². The number of carbonyl (C=O) groups excluding carboxylic acids is 2. The van der Waals surface area contributed by atoms with Crippen molar-refractivity contribution in [2.75, 3.05) is 17.2 Å². The smallest absolute Gasteiger partial charge is 0.329 e. The number of nitrogens with one attached hydrogen (secondary N) is 1. The number of nitrogens with two attached hydrogens (primary N) is 1. The fraction of sp³-hybridized carbons (Fsp3) is 0.182. The molecule has 0 aliphatic carbocycles. The number of hydrogen-bond donors (Lipinski definition) is 2. The van der Waals surface area contributed by atoms with Crippen LogP contribution in [0.2, 0.25) is 0 Å². The third kappa shape index (κ3) is 1.65. The molecule has 18 heavy (non-hydrogen) atoms. The van der Waals surface area contributed by atoms with E-state index < -0.39 is 6.03 Å². The number of pyridine rings is 1. The summed E-state index contributed by atoms with van der Waals surface area (Å²) < 4.78 is 1.77. The summed E-state index contributed by atoms with van der Waals surface area (Å²) in [6, 6.07) is 3.03. The maximum absolute atomic E-state index is 11.7. The van der Waals surface area contributed by atoms with Gasteiger partial charge in [-0.05, 0) is 6.07 Å². The molecule has 0 aromatic carbocycles. The minimum Gasteiger partial charge on any atom is -0.399 e. The summed E-state index contributed by atoms with van der Waals surface area (Å²) in [7, 11) is 0. The molecule has 0 radical (unpaired) electrons. The molecule has 1 fully saturated rings. The number of aromatic nitrogens is 2. The van der Waals surface area contributed by atoms with Crippen LogP contribution in [0.1, 0.15) is 6.42 Å². The number of nitrogen functional groups attached to an aromatic ring is 1. The van der Waals surface area contributed by atoms with E-state index in [0.29, 0.717) is 23.7 Å². The number of urea groups is 1. The van der Waals surface area contributed by atoms with E-state index in [9.17, 15) is 9.59 Å². The molecule has 3 amide bonds. The highest BCUT2D eigenvalue weighted by Crippen LogP contribution is 2.18. The number of carbonyl (C=O) groups is 2. The van der Waals surface area contributed by atoms with Gasteiger partial charge in [-0.15, -0.1) is 0 Å². The highest BCUT2D eigenvalue weighted by Gasteiger charge is 2.25. The Bertz CT molecular complexity index is 648. The lowest BCUT2D eigenvalue weighted by Gasteiger charge is -2.24.